The van der Waals surface area contributed by atoms with Crippen LogP contribution in [-0.4, -0.2) is 41.3 Å². The third-order valence-corrected chi connectivity index (χ3v) is 5.58. The number of amides is 1. The molecule has 0 aliphatic carbocycles. The van der Waals surface area contributed by atoms with Crippen molar-refractivity contribution in [3.8, 4) is 17.3 Å². The number of hydrogen-bond donors (Lipinski definition) is 4. The minimum atomic E-state index is -3.85. The Bertz CT molecular complexity index is 1470. The van der Waals surface area contributed by atoms with E-state index in [0.717, 1.165) is 0 Å². The summed E-state index contributed by atoms with van der Waals surface area (Å²) in [4.78, 5) is 15.2. The number of primary sulfonamides is 1. The molecule has 13 heteroatoms. The van der Waals surface area contributed by atoms with Gasteiger partial charge in [-0.25, -0.2) is 18.2 Å². The van der Waals surface area contributed by atoms with E-state index >= 15 is 0 Å². The fourth-order valence-electron chi connectivity index (χ4n) is 3.03. The number of fused-ring (bicyclic) bond motifs is 1. The molecule has 2 heterocycles. The summed E-state index contributed by atoms with van der Waals surface area (Å²) in [6.45, 7) is 0. The van der Waals surface area contributed by atoms with Crippen molar-refractivity contribution >= 4 is 38.3 Å². The van der Waals surface area contributed by atoms with Crippen molar-refractivity contribution < 1.29 is 23.1 Å². The molecular weight excluding hydrogens is 438 g/mol. The predicted molar refractivity (Wildman–Crippen MR) is 115 cm³/mol. The first kappa shape index (κ1) is 21.0. The highest BCUT2D eigenvalue weighted by Crippen LogP contribution is 2.37. The van der Waals surface area contributed by atoms with Gasteiger partial charge in [0, 0.05) is 5.39 Å². The summed E-state index contributed by atoms with van der Waals surface area (Å²) in [7, 11) is -2.34. The first-order chi connectivity index (χ1) is 15.2. The number of carbonyl (C=O) groups excluding carboxylic acids is 1. The SMILES string of the molecule is COc1ccc2[nH]c(O)c(N=NC(=O)c3cnn(-c4ccc(S(N)(=O)=O)cc4)c3N)c2c1. The van der Waals surface area contributed by atoms with Crippen LogP contribution in [0.1, 0.15) is 10.4 Å². The zero-order chi connectivity index (χ0) is 23.0. The Morgan fingerprint density at radius 3 is 2.59 bits per heavy atom. The van der Waals surface area contributed by atoms with Crippen LogP contribution in [0.15, 0.2) is 63.8 Å². The van der Waals surface area contributed by atoms with E-state index in [1.165, 1.54) is 42.3 Å². The molecule has 0 spiro atoms. The van der Waals surface area contributed by atoms with Gasteiger partial charge in [0.05, 0.1) is 29.4 Å². The van der Waals surface area contributed by atoms with Gasteiger partial charge in [-0.05, 0) is 42.5 Å². The number of sulfonamides is 1. The second-order valence-corrected chi connectivity index (χ2v) is 8.19. The molecule has 0 saturated carbocycles. The molecule has 2 aromatic carbocycles. The Hall–Kier alpha value is -4.23. The van der Waals surface area contributed by atoms with E-state index in [1.54, 1.807) is 18.2 Å². The summed E-state index contributed by atoms with van der Waals surface area (Å²) in [5.74, 6) is -0.532. The van der Waals surface area contributed by atoms with Crippen molar-refractivity contribution in [2.75, 3.05) is 12.8 Å². The van der Waals surface area contributed by atoms with Crippen LogP contribution in [0, 0.1) is 0 Å². The molecule has 0 aliphatic rings. The van der Waals surface area contributed by atoms with E-state index in [-0.39, 0.29) is 27.8 Å². The van der Waals surface area contributed by atoms with Gasteiger partial charge in [-0.2, -0.15) is 5.10 Å². The molecule has 164 valence electrons. The second-order valence-electron chi connectivity index (χ2n) is 6.63. The summed E-state index contributed by atoms with van der Waals surface area (Å²) in [6.07, 6.45) is 1.21. The van der Waals surface area contributed by atoms with E-state index in [2.05, 4.69) is 20.3 Å². The number of rotatable bonds is 5. The summed E-state index contributed by atoms with van der Waals surface area (Å²) < 4.78 is 29.2. The second kappa shape index (κ2) is 7.79. The number of benzene rings is 2. The van der Waals surface area contributed by atoms with E-state index < -0.39 is 15.9 Å². The van der Waals surface area contributed by atoms with Gasteiger partial charge >= 0.3 is 5.91 Å². The number of nitrogens with two attached hydrogens (primary N) is 2. The molecule has 32 heavy (non-hydrogen) atoms. The van der Waals surface area contributed by atoms with Crippen LogP contribution in [0.25, 0.3) is 16.6 Å². The lowest BCUT2D eigenvalue weighted by Crippen LogP contribution is -2.12. The number of aromatic nitrogens is 3. The van der Waals surface area contributed by atoms with E-state index in [0.29, 0.717) is 22.3 Å². The zero-order valence-corrected chi connectivity index (χ0v) is 17.4. The molecule has 4 rings (SSSR count). The van der Waals surface area contributed by atoms with Crippen molar-refractivity contribution in [1.29, 1.82) is 0 Å². The highest BCUT2D eigenvalue weighted by Gasteiger charge is 2.18. The Morgan fingerprint density at radius 2 is 1.94 bits per heavy atom. The summed E-state index contributed by atoms with van der Waals surface area (Å²) in [5, 5.41) is 27.3. The Balaban J connectivity index is 1.63. The van der Waals surface area contributed by atoms with Gasteiger partial charge in [0.2, 0.25) is 15.9 Å². The molecule has 0 fully saturated rings. The lowest BCUT2D eigenvalue weighted by Gasteiger charge is -2.05. The third kappa shape index (κ3) is 3.77. The van der Waals surface area contributed by atoms with Crippen molar-refractivity contribution in [2.45, 2.75) is 4.90 Å². The molecule has 2 aromatic heterocycles. The fourth-order valence-corrected chi connectivity index (χ4v) is 3.54. The van der Waals surface area contributed by atoms with E-state index in [9.17, 15) is 18.3 Å². The number of carbonyl (C=O) groups is 1. The molecule has 0 radical (unpaired) electrons. The maximum absolute atomic E-state index is 12.6. The lowest BCUT2D eigenvalue weighted by atomic mass is 10.2. The number of anilines is 1. The summed E-state index contributed by atoms with van der Waals surface area (Å²) in [6, 6.07) is 10.5. The molecule has 0 unspecified atom stereocenters. The number of aromatic hydroxyl groups is 1. The first-order valence-electron chi connectivity index (χ1n) is 9.00. The largest absolute Gasteiger partial charge is 0.497 e. The van der Waals surface area contributed by atoms with Crippen LogP contribution < -0.4 is 15.6 Å². The van der Waals surface area contributed by atoms with Gasteiger partial charge in [0.15, 0.2) is 5.69 Å². The van der Waals surface area contributed by atoms with Gasteiger partial charge in [0.1, 0.15) is 17.1 Å². The average molecular weight is 455 g/mol. The highest BCUT2D eigenvalue weighted by molar-refractivity contribution is 7.89. The van der Waals surface area contributed by atoms with Crippen molar-refractivity contribution in [3.63, 3.8) is 0 Å². The number of hydrogen-bond acceptors (Lipinski definition) is 8. The summed E-state index contributed by atoms with van der Waals surface area (Å²) in [5.41, 5.74) is 7.06. The normalized spacial score (nSPS) is 11.9. The average Bonchev–Trinajstić information content (AvgIpc) is 3.30. The Kier molecular flexibility index (Phi) is 5.12. The molecule has 4 aromatic rings. The molecule has 12 nitrogen and oxygen atoms in total. The lowest BCUT2D eigenvalue weighted by molar-refractivity contribution is 0.0996. The first-order valence-corrected chi connectivity index (χ1v) is 10.5. The van der Waals surface area contributed by atoms with E-state index in [4.69, 9.17) is 15.6 Å². The van der Waals surface area contributed by atoms with Gasteiger partial charge < -0.3 is 20.6 Å². The molecule has 0 saturated heterocycles. The number of ether oxygens (including phenoxy) is 1. The minimum Gasteiger partial charge on any atom is -0.497 e. The molecule has 0 bridgehead atoms. The molecular formula is C19H17N7O5S. The van der Waals surface area contributed by atoms with Gasteiger partial charge in [-0.1, -0.05) is 0 Å². The minimum absolute atomic E-state index is 0.0258. The Morgan fingerprint density at radius 1 is 1.22 bits per heavy atom. The zero-order valence-electron chi connectivity index (χ0n) is 16.6. The van der Waals surface area contributed by atoms with Gasteiger partial charge in [-0.15, -0.1) is 10.2 Å². The number of methoxy groups -OCH3 is 1. The number of azo groups is 1. The fraction of sp³-hybridized carbons (Fsp3) is 0.0526. The van der Waals surface area contributed by atoms with Crippen LogP contribution in [0.4, 0.5) is 11.5 Å². The smallest absolute Gasteiger partial charge is 0.300 e. The van der Waals surface area contributed by atoms with E-state index in [1.807, 2.05) is 0 Å². The Labute approximate surface area is 181 Å². The number of nitrogens with one attached hydrogen (secondary N) is 1. The maximum atomic E-state index is 12.6. The van der Waals surface area contributed by atoms with Crippen LogP contribution in [0.5, 0.6) is 11.6 Å². The third-order valence-electron chi connectivity index (χ3n) is 4.65. The van der Waals surface area contributed by atoms with Crippen LogP contribution in [0.2, 0.25) is 0 Å². The molecule has 6 N–H and O–H groups in total. The maximum Gasteiger partial charge on any atom is 0.300 e. The quantitative estimate of drug-likeness (QED) is 0.331. The standard InChI is InChI=1S/C19H17N7O5S/c1-31-11-4-7-15-13(8-11)16(19(28)23-15)24-25-18(27)14-9-22-26(17(14)20)10-2-5-12(6-3-10)32(21,29)30/h2-9,23,28H,20H2,1H3,(H2,21,29,30). The highest BCUT2D eigenvalue weighted by atomic mass is 32.2. The number of H-pyrrole nitrogens is 1. The van der Waals surface area contributed by atoms with Gasteiger partial charge in [-0.3, -0.25) is 4.79 Å². The van der Waals surface area contributed by atoms with Crippen molar-refractivity contribution in [1.82, 2.24) is 14.8 Å². The molecule has 1 amide bonds. The predicted octanol–water partition coefficient (Wildman–Crippen LogP) is 2.22. The monoisotopic (exact) mass is 455 g/mol. The molecule has 0 aliphatic heterocycles. The molecule has 0 atom stereocenters. The van der Waals surface area contributed by atoms with Crippen molar-refractivity contribution in [2.24, 2.45) is 15.4 Å². The summed E-state index contributed by atoms with van der Waals surface area (Å²) >= 11 is 0. The van der Waals surface area contributed by atoms with Crippen LogP contribution in [0.3, 0.4) is 0 Å². The van der Waals surface area contributed by atoms with Gasteiger partial charge in [0.25, 0.3) is 0 Å². The van der Waals surface area contributed by atoms with Crippen LogP contribution in [-0.2, 0) is 10.0 Å². The number of nitrogen functional groups attached to an aromatic ring is 1. The van der Waals surface area contributed by atoms with Crippen molar-refractivity contribution in [3.05, 3.63) is 54.2 Å². The number of nitrogens with zero attached hydrogens (tertiary/aromatic N) is 4. The van der Waals surface area contributed by atoms with Crippen LogP contribution >= 0.6 is 0 Å². The number of aromatic amines is 1. The topological polar surface area (TPSA) is 191 Å².